The van der Waals surface area contributed by atoms with Crippen LogP contribution < -0.4 is 0 Å². The van der Waals surface area contributed by atoms with Gasteiger partial charge in [-0.1, -0.05) is 27.7 Å². The zero-order chi connectivity index (χ0) is 8.98. The number of hydrogen-bond donors (Lipinski definition) is 0. The Morgan fingerprint density at radius 2 is 1.92 bits per heavy atom. The Balaban J connectivity index is 2.60. The van der Waals surface area contributed by atoms with Crippen molar-refractivity contribution in [3.8, 4) is 0 Å². The third-order valence-electron chi connectivity index (χ3n) is 2.80. The van der Waals surface area contributed by atoms with Crippen molar-refractivity contribution < 1.29 is 0 Å². The summed E-state index contributed by atoms with van der Waals surface area (Å²) in [5.41, 5.74) is 2.16. The molecule has 0 aliphatic heterocycles. The molecule has 0 atom stereocenters. The second-order valence-electron chi connectivity index (χ2n) is 5.01. The summed E-state index contributed by atoms with van der Waals surface area (Å²) in [6.07, 6.45) is 3.30. The molecule has 12 heavy (non-hydrogen) atoms. The Morgan fingerprint density at radius 1 is 1.25 bits per heavy atom. The minimum absolute atomic E-state index is 0.339. The van der Waals surface area contributed by atoms with E-state index >= 15 is 0 Å². The molecule has 0 saturated heterocycles. The molecule has 66 valence electrons. The van der Waals surface area contributed by atoms with Crippen LogP contribution in [-0.2, 0) is 10.8 Å². The molecular weight excluding hydrogens is 166 g/mol. The first kappa shape index (κ1) is 8.24. The van der Waals surface area contributed by atoms with E-state index in [1.54, 1.807) is 11.5 Å². The van der Waals surface area contributed by atoms with E-state index in [1.807, 2.05) is 0 Å². The van der Waals surface area contributed by atoms with Gasteiger partial charge in [-0.05, 0) is 28.9 Å². The standard InChI is InChI=1S/C10H15NS/c1-9(2)6-10(3,4)8-7(9)5-11-12-8/h5H,6H2,1-4H3. The molecule has 0 radical (unpaired) electrons. The van der Waals surface area contributed by atoms with E-state index in [0.717, 1.165) is 0 Å². The predicted molar refractivity (Wildman–Crippen MR) is 52.8 cm³/mol. The Hall–Kier alpha value is -0.370. The highest BCUT2D eigenvalue weighted by molar-refractivity contribution is 7.06. The van der Waals surface area contributed by atoms with Crippen molar-refractivity contribution in [2.75, 3.05) is 0 Å². The fourth-order valence-electron chi connectivity index (χ4n) is 2.49. The van der Waals surface area contributed by atoms with Crippen LogP contribution in [-0.4, -0.2) is 4.37 Å². The van der Waals surface area contributed by atoms with Crippen LogP contribution in [0.1, 0.15) is 44.6 Å². The van der Waals surface area contributed by atoms with E-state index in [1.165, 1.54) is 16.9 Å². The molecule has 0 saturated carbocycles. The average molecular weight is 181 g/mol. The lowest BCUT2D eigenvalue weighted by Gasteiger charge is -2.22. The van der Waals surface area contributed by atoms with Crippen LogP contribution in [0.2, 0.25) is 0 Å². The SMILES string of the molecule is CC1(C)CC(C)(C)c2sncc21. The topological polar surface area (TPSA) is 12.9 Å². The molecule has 0 aromatic carbocycles. The number of rotatable bonds is 0. The molecule has 0 amide bonds. The fourth-order valence-corrected chi connectivity index (χ4v) is 3.50. The summed E-state index contributed by atoms with van der Waals surface area (Å²) in [5, 5.41) is 0. The third-order valence-corrected chi connectivity index (χ3v) is 3.96. The summed E-state index contributed by atoms with van der Waals surface area (Å²) in [6.45, 7) is 9.27. The molecule has 0 fully saturated rings. The predicted octanol–water partition coefficient (Wildman–Crippen LogP) is 3.10. The first-order valence-electron chi connectivity index (χ1n) is 4.39. The first-order chi connectivity index (χ1) is 5.43. The molecule has 1 nitrogen and oxygen atoms in total. The summed E-state index contributed by atoms with van der Waals surface area (Å²) < 4.78 is 4.28. The molecule has 0 bridgehead atoms. The van der Waals surface area contributed by atoms with Crippen LogP contribution in [0.25, 0.3) is 0 Å². The number of hydrogen-bond acceptors (Lipinski definition) is 2. The minimum atomic E-state index is 0.339. The average Bonchev–Trinajstić information content (AvgIpc) is 2.34. The second kappa shape index (κ2) is 2.11. The van der Waals surface area contributed by atoms with Gasteiger partial charge in [0.2, 0.25) is 0 Å². The molecule has 2 rings (SSSR count). The van der Waals surface area contributed by atoms with Crippen LogP contribution in [0.5, 0.6) is 0 Å². The Labute approximate surface area is 78.0 Å². The Bertz CT molecular complexity index is 281. The third kappa shape index (κ3) is 0.939. The molecule has 1 heterocycles. The molecule has 1 aromatic rings. The maximum atomic E-state index is 4.28. The normalized spacial score (nSPS) is 24.0. The molecule has 0 spiro atoms. The van der Waals surface area contributed by atoms with E-state index in [4.69, 9.17) is 0 Å². The van der Waals surface area contributed by atoms with Gasteiger partial charge in [0, 0.05) is 16.5 Å². The smallest absolute Gasteiger partial charge is 0.0447 e. The van der Waals surface area contributed by atoms with E-state index < -0.39 is 0 Å². The summed E-state index contributed by atoms with van der Waals surface area (Å²) in [4.78, 5) is 1.49. The van der Waals surface area contributed by atoms with Crippen molar-refractivity contribution in [1.29, 1.82) is 0 Å². The molecular formula is C10H15NS. The van der Waals surface area contributed by atoms with Gasteiger partial charge in [0.05, 0.1) is 0 Å². The van der Waals surface area contributed by atoms with Gasteiger partial charge in [0.15, 0.2) is 0 Å². The van der Waals surface area contributed by atoms with E-state index in [0.29, 0.717) is 10.8 Å². The van der Waals surface area contributed by atoms with Gasteiger partial charge in [-0.25, -0.2) is 4.37 Å². The second-order valence-corrected chi connectivity index (χ2v) is 5.81. The van der Waals surface area contributed by atoms with E-state index in [9.17, 15) is 0 Å². The van der Waals surface area contributed by atoms with Crippen molar-refractivity contribution in [1.82, 2.24) is 4.37 Å². The molecule has 0 unspecified atom stereocenters. The Morgan fingerprint density at radius 3 is 2.50 bits per heavy atom. The zero-order valence-electron chi connectivity index (χ0n) is 8.14. The van der Waals surface area contributed by atoms with Crippen LogP contribution in [0, 0.1) is 0 Å². The van der Waals surface area contributed by atoms with Crippen molar-refractivity contribution in [2.45, 2.75) is 44.9 Å². The zero-order valence-corrected chi connectivity index (χ0v) is 8.96. The highest BCUT2D eigenvalue weighted by Gasteiger charge is 2.43. The lowest BCUT2D eigenvalue weighted by molar-refractivity contribution is 0.404. The van der Waals surface area contributed by atoms with Gasteiger partial charge < -0.3 is 0 Å². The monoisotopic (exact) mass is 181 g/mol. The molecule has 1 aromatic heterocycles. The van der Waals surface area contributed by atoms with Crippen molar-refractivity contribution in [2.24, 2.45) is 0 Å². The number of fused-ring (bicyclic) bond motifs is 1. The van der Waals surface area contributed by atoms with Gasteiger partial charge in [-0.3, -0.25) is 0 Å². The summed E-state index contributed by atoms with van der Waals surface area (Å²) in [5.74, 6) is 0. The molecule has 0 N–H and O–H groups in total. The maximum Gasteiger partial charge on any atom is 0.0447 e. The summed E-state index contributed by atoms with van der Waals surface area (Å²) in [7, 11) is 0. The quantitative estimate of drug-likeness (QED) is 0.599. The fraction of sp³-hybridized carbons (Fsp3) is 0.700. The van der Waals surface area contributed by atoms with Crippen LogP contribution in [0.15, 0.2) is 6.20 Å². The molecule has 1 aliphatic carbocycles. The van der Waals surface area contributed by atoms with Crippen LogP contribution in [0.3, 0.4) is 0 Å². The van der Waals surface area contributed by atoms with Gasteiger partial charge in [-0.15, -0.1) is 0 Å². The molecule has 1 aliphatic rings. The van der Waals surface area contributed by atoms with Crippen molar-refractivity contribution in [3.63, 3.8) is 0 Å². The van der Waals surface area contributed by atoms with E-state index in [2.05, 4.69) is 38.3 Å². The van der Waals surface area contributed by atoms with Gasteiger partial charge >= 0.3 is 0 Å². The van der Waals surface area contributed by atoms with Crippen LogP contribution in [0.4, 0.5) is 0 Å². The minimum Gasteiger partial charge on any atom is -0.201 e. The van der Waals surface area contributed by atoms with Gasteiger partial charge in [0.1, 0.15) is 0 Å². The Kier molecular flexibility index (Phi) is 1.45. The lowest BCUT2D eigenvalue weighted by Crippen LogP contribution is -2.18. The van der Waals surface area contributed by atoms with E-state index in [-0.39, 0.29) is 0 Å². The van der Waals surface area contributed by atoms with Gasteiger partial charge in [0.25, 0.3) is 0 Å². The molecule has 2 heteroatoms. The van der Waals surface area contributed by atoms with Crippen LogP contribution >= 0.6 is 11.5 Å². The first-order valence-corrected chi connectivity index (χ1v) is 5.16. The maximum absolute atomic E-state index is 4.28. The number of aromatic nitrogens is 1. The highest BCUT2D eigenvalue weighted by Crippen LogP contribution is 2.50. The summed E-state index contributed by atoms with van der Waals surface area (Å²) >= 11 is 1.67. The summed E-state index contributed by atoms with van der Waals surface area (Å²) in [6, 6.07) is 0. The number of nitrogens with zero attached hydrogens (tertiary/aromatic N) is 1. The van der Waals surface area contributed by atoms with Crippen molar-refractivity contribution in [3.05, 3.63) is 16.6 Å². The largest absolute Gasteiger partial charge is 0.201 e. The van der Waals surface area contributed by atoms with Crippen molar-refractivity contribution >= 4 is 11.5 Å². The van der Waals surface area contributed by atoms with Gasteiger partial charge in [-0.2, -0.15) is 0 Å². The lowest BCUT2D eigenvalue weighted by atomic mass is 9.82. The highest BCUT2D eigenvalue weighted by atomic mass is 32.1.